The van der Waals surface area contributed by atoms with Crippen molar-refractivity contribution < 1.29 is 0 Å². The van der Waals surface area contributed by atoms with Crippen LogP contribution in [0, 0.1) is 13.8 Å². The summed E-state index contributed by atoms with van der Waals surface area (Å²) in [6.07, 6.45) is 0. The summed E-state index contributed by atoms with van der Waals surface area (Å²) in [5.41, 5.74) is 3.72. The summed E-state index contributed by atoms with van der Waals surface area (Å²) in [4.78, 5) is 15.5. The Morgan fingerprint density at radius 3 is 2.38 bits per heavy atom. The maximum absolute atomic E-state index is 4.74. The van der Waals surface area contributed by atoms with E-state index in [1.54, 1.807) is 11.3 Å². The van der Waals surface area contributed by atoms with Gasteiger partial charge in [0.1, 0.15) is 5.01 Å². The van der Waals surface area contributed by atoms with Crippen LogP contribution in [0.4, 0.5) is 0 Å². The number of piperazine rings is 1. The van der Waals surface area contributed by atoms with Gasteiger partial charge in [-0.25, -0.2) is 9.98 Å². The zero-order valence-corrected chi connectivity index (χ0v) is 19.0. The zero-order chi connectivity index (χ0) is 20.6. The van der Waals surface area contributed by atoms with E-state index in [1.165, 1.54) is 16.0 Å². The van der Waals surface area contributed by atoms with Crippen molar-refractivity contribution >= 4 is 17.3 Å². The van der Waals surface area contributed by atoms with Crippen LogP contribution in [0.15, 0.2) is 29.3 Å². The Morgan fingerprint density at radius 2 is 1.76 bits per heavy atom. The second-order valence-electron chi connectivity index (χ2n) is 7.69. The molecular formula is C22H34N6S. The third-order valence-corrected chi connectivity index (χ3v) is 6.34. The van der Waals surface area contributed by atoms with Gasteiger partial charge in [0.05, 0.1) is 18.8 Å². The second-order valence-corrected chi connectivity index (χ2v) is 8.98. The lowest BCUT2D eigenvalue weighted by atomic mass is 10.1. The number of thiazole rings is 1. The average molecular weight is 415 g/mol. The van der Waals surface area contributed by atoms with E-state index < -0.39 is 0 Å². The molecule has 2 heterocycles. The molecule has 0 aliphatic carbocycles. The fourth-order valence-electron chi connectivity index (χ4n) is 3.30. The van der Waals surface area contributed by atoms with E-state index in [4.69, 9.17) is 4.99 Å². The largest absolute Gasteiger partial charge is 0.357 e. The van der Waals surface area contributed by atoms with Gasteiger partial charge in [-0.2, -0.15) is 0 Å². The number of benzene rings is 1. The lowest BCUT2D eigenvalue weighted by Crippen LogP contribution is -2.43. The molecule has 29 heavy (non-hydrogen) atoms. The highest BCUT2D eigenvalue weighted by molar-refractivity contribution is 7.11. The quantitative estimate of drug-likeness (QED) is 0.539. The van der Waals surface area contributed by atoms with Crippen molar-refractivity contribution in [3.63, 3.8) is 0 Å². The van der Waals surface area contributed by atoms with Crippen molar-refractivity contribution in [1.29, 1.82) is 0 Å². The van der Waals surface area contributed by atoms with Gasteiger partial charge in [0.2, 0.25) is 0 Å². The van der Waals surface area contributed by atoms with Crippen LogP contribution >= 0.6 is 11.3 Å². The minimum absolute atomic E-state index is 0.667. The Labute approximate surface area is 179 Å². The molecular weight excluding hydrogens is 380 g/mol. The number of guanidine groups is 1. The minimum Gasteiger partial charge on any atom is -0.357 e. The van der Waals surface area contributed by atoms with Gasteiger partial charge in [0.15, 0.2) is 5.96 Å². The van der Waals surface area contributed by atoms with Crippen molar-refractivity contribution in [2.24, 2.45) is 4.99 Å². The van der Waals surface area contributed by atoms with E-state index in [2.05, 4.69) is 77.5 Å². The summed E-state index contributed by atoms with van der Waals surface area (Å²) in [6.45, 7) is 14.1. The fourth-order valence-corrected chi connectivity index (χ4v) is 4.17. The molecule has 1 fully saturated rings. The first-order chi connectivity index (χ1) is 14.0. The number of nitrogens with one attached hydrogen (secondary N) is 2. The van der Waals surface area contributed by atoms with Gasteiger partial charge >= 0.3 is 0 Å². The van der Waals surface area contributed by atoms with E-state index in [0.717, 1.165) is 55.9 Å². The molecule has 0 amide bonds. The van der Waals surface area contributed by atoms with Gasteiger partial charge in [0, 0.05) is 44.1 Å². The number of likely N-dealkylation sites (N-methyl/N-ethyl adjacent to an activating group) is 1. The molecule has 1 aromatic heterocycles. The molecule has 1 aliphatic rings. The highest BCUT2D eigenvalue weighted by atomic mass is 32.1. The number of hydrogen-bond donors (Lipinski definition) is 2. The molecule has 1 saturated heterocycles. The molecule has 158 valence electrons. The summed E-state index contributed by atoms with van der Waals surface area (Å²) in [6, 6.07) is 8.88. The van der Waals surface area contributed by atoms with Crippen LogP contribution in [-0.2, 0) is 19.6 Å². The van der Waals surface area contributed by atoms with Crippen molar-refractivity contribution in [2.45, 2.75) is 40.4 Å². The van der Waals surface area contributed by atoms with E-state index in [-0.39, 0.29) is 0 Å². The summed E-state index contributed by atoms with van der Waals surface area (Å²) in [5.74, 6) is 0.833. The van der Waals surface area contributed by atoms with Gasteiger partial charge in [-0.15, -0.1) is 11.3 Å². The molecule has 7 heteroatoms. The predicted octanol–water partition coefficient (Wildman–Crippen LogP) is 2.76. The molecule has 1 aromatic carbocycles. The Balaban J connectivity index is 1.51. The minimum atomic E-state index is 0.667. The van der Waals surface area contributed by atoms with E-state index in [0.29, 0.717) is 13.1 Å². The number of aryl methyl sites for hydroxylation is 2. The molecule has 0 bridgehead atoms. The smallest absolute Gasteiger partial charge is 0.191 e. The molecule has 3 rings (SSSR count). The first-order valence-electron chi connectivity index (χ1n) is 10.5. The Kier molecular flexibility index (Phi) is 8.03. The number of aromatic nitrogens is 1. The number of hydrogen-bond acceptors (Lipinski definition) is 5. The van der Waals surface area contributed by atoms with Crippen LogP contribution in [0.5, 0.6) is 0 Å². The van der Waals surface area contributed by atoms with Crippen molar-refractivity contribution in [1.82, 2.24) is 25.4 Å². The maximum atomic E-state index is 4.74. The van der Waals surface area contributed by atoms with Crippen molar-refractivity contribution in [3.05, 3.63) is 51.0 Å². The molecule has 2 N–H and O–H groups in total. The molecule has 0 saturated carbocycles. The van der Waals surface area contributed by atoms with Gasteiger partial charge in [0.25, 0.3) is 0 Å². The molecule has 2 aromatic rings. The molecule has 0 atom stereocenters. The van der Waals surface area contributed by atoms with Crippen LogP contribution in [-0.4, -0.2) is 60.5 Å². The third kappa shape index (κ3) is 6.80. The van der Waals surface area contributed by atoms with Crippen LogP contribution < -0.4 is 10.6 Å². The summed E-state index contributed by atoms with van der Waals surface area (Å²) in [7, 11) is 2.20. The standard InChI is InChI=1S/C22H34N6S/c1-5-23-22(25-15-21-26-17(2)18(3)29-21)24-14-19-6-8-20(9-7-19)16-28-12-10-27(4)11-13-28/h6-9H,5,10-16H2,1-4H3,(H2,23,24,25). The van der Waals surface area contributed by atoms with Crippen LogP contribution in [0.1, 0.15) is 33.6 Å². The summed E-state index contributed by atoms with van der Waals surface area (Å²) < 4.78 is 0. The Morgan fingerprint density at radius 1 is 1.07 bits per heavy atom. The first kappa shape index (κ1) is 21.7. The number of rotatable bonds is 7. The Hall–Kier alpha value is -1.96. The van der Waals surface area contributed by atoms with E-state index in [1.807, 2.05) is 0 Å². The second kappa shape index (κ2) is 10.7. The molecule has 0 spiro atoms. The zero-order valence-electron chi connectivity index (χ0n) is 18.2. The normalized spacial score (nSPS) is 16.2. The summed E-state index contributed by atoms with van der Waals surface area (Å²) >= 11 is 1.74. The molecule has 0 unspecified atom stereocenters. The van der Waals surface area contributed by atoms with Gasteiger partial charge in [-0.05, 0) is 38.9 Å². The number of nitrogens with zero attached hydrogens (tertiary/aromatic N) is 4. The topological polar surface area (TPSA) is 55.8 Å². The summed E-state index contributed by atoms with van der Waals surface area (Å²) in [5, 5.41) is 7.81. The Bertz CT molecular complexity index is 771. The number of aliphatic imine (C=N–C) groups is 1. The lowest BCUT2D eigenvalue weighted by molar-refractivity contribution is 0.148. The third-order valence-electron chi connectivity index (χ3n) is 5.27. The molecule has 6 nitrogen and oxygen atoms in total. The van der Waals surface area contributed by atoms with Gasteiger partial charge in [-0.1, -0.05) is 24.3 Å². The first-order valence-corrected chi connectivity index (χ1v) is 11.3. The predicted molar refractivity (Wildman–Crippen MR) is 122 cm³/mol. The fraction of sp³-hybridized carbons (Fsp3) is 0.545. The van der Waals surface area contributed by atoms with Gasteiger partial charge < -0.3 is 15.5 Å². The van der Waals surface area contributed by atoms with Crippen LogP contribution in [0.3, 0.4) is 0 Å². The van der Waals surface area contributed by atoms with Crippen LogP contribution in [0.25, 0.3) is 0 Å². The highest BCUT2D eigenvalue weighted by Gasteiger charge is 2.13. The molecule has 1 aliphatic heterocycles. The molecule has 0 radical (unpaired) electrons. The van der Waals surface area contributed by atoms with Crippen molar-refractivity contribution in [3.8, 4) is 0 Å². The maximum Gasteiger partial charge on any atom is 0.191 e. The highest BCUT2D eigenvalue weighted by Crippen LogP contribution is 2.16. The van der Waals surface area contributed by atoms with E-state index in [9.17, 15) is 0 Å². The van der Waals surface area contributed by atoms with Crippen LogP contribution in [0.2, 0.25) is 0 Å². The monoisotopic (exact) mass is 414 g/mol. The van der Waals surface area contributed by atoms with Crippen molar-refractivity contribution in [2.75, 3.05) is 39.8 Å². The van der Waals surface area contributed by atoms with Gasteiger partial charge in [-0.3, -0.25) is 4.90 Å². The SMILES string of the molecule is CCNC(=NCc1ccc(CN2CCN(C)CC2)cc1)NCc1nc(C)c(C)s1. The average Bonchev–Trinajstić information content (AvgIpc) is 3.04. The van der Waals surface area contributed by atoms with E-state index >= 15 is 0 Å². The lowest BCUT2D eigenvalue weighted by Gasteiger charge is -2.32.